The Morgan fingerprint density at radius 1 is 1.03 bits per heavy atom. The van der Waals surface area contributed by atoms with Crippen molar-refractivity contribution in [2.45, 2.75) is 31.8 Å². The molecule has 2 heterocycles. The molecule has 1 unspecified atom stereocenters. The molecule has 3 aromatic carbocycles. The molecule has 0 radical (unpaired) electrons. The summed E-state index contributed by atoms with van der Waals surface area (Å²) in [7, 11) is 0. The average molecular weight is 470 g/mol. The van der Waals surface area contributed by atoms with Gasteiger partial charge in [-0.15, -0.1) is 0 Å². The fraction of sp³-hybridized carbons (Fsp3) is 0.188. The van der Waals surface area contributed by atoms with E-state index in [1.807, 2.05) is 61.6 Å². The normalized spacial score (nSPS) is 20.5. The quantitative estimate of drug-likeness (QED) is 0.290. The Hall–Kier alpha value is -4.54. The topological polar surface area (TPSA) is 40.6 Å². The number of fused-ring (bicyclic) bond motifs is 1. The number of ether oxygens (including phenoxy) is 1. The van der Waals surface area contributed by atoms with Gasteiger partial charge in [-0.1, -0.05) is 66.7 Å². The first-order valence-corrected chi connectivity index (χ1v) is 12.2. The van der Waals surface area contributed by atoms with Gasteiger partial charge in [0.15, 0.2) is 0 Å². The van der Waals surface area contributed by atoms with Crippen LogP contribution in [0.25, 0.3) is 10.9 Å². The summed E-state index contributed by atoms with van der Waals surface area (Å²) >= 11 is 0. The molecule has 0 fully saturated rings. The number of anilines is 2. The van der Waals surface area contributed by atoms with Crippen LogP contribution in [-0.4, -0.2) is 6.54 Å². The molecule has 2 aliphatic heterocycles. The van der Waals surface area contributed by atoms with Crippen LogP contribution in [0.5, 0.6) is 0 Å². The predicted molar refractivity (Wildman–Crippen MR) is 144 cm³/mol. The highest BCUT2D eigenvalue weighted by atomic mass is 16.5. The summed E-state index contributed by atoms with van der Waals surface area (Å²) in [6, 6.07) is 29.2. The fourth-order valence-corrected chi connectivity index (χ4v) is 5.01. The molecule has 3 aromatic rings. The molecule has 5 rings (SSSR count). The average Bonchev–Trinajstić information content (AvgIpc) is 2.93. The molecule has 0 bridgehead atoms. The van der Waals surface area contributed by atoms with Gasteiger partial charge in [-0.3, -0.25) is 0 Å². The first-order valence-electron chi connectivity index (χ1n) is 12.2. The lowest BCUT2D eigenvalue weighted by Crippen LogP contribution is -2.29. The number of hydrogen-bond acceptors (Lipinski definition) is 3. The Bertz CT molecular complexity index is 1420. The second-order valence-corrected chi connectivity index (χ2v) is 9.33. The van der Waals surface area contributed by atoms with Gasteiger partial charge in [0.25, 0.3) is 5.70 Å². The Kier molecular flexibility index (Phi) is 6.44. The summed E-state index contributed by atoms with van der Waals surface area (Å²) < 4.78 is 6.43. The second kappa shape index (κ2) is 9.98. The lowest BCUT2D eigenvalue weighted by molar-refractivity contribution is 0.0143. The van der Waals surface area contributed by atoms with Crippen molar-refractivity contribution in [1.82, 2.24) is 0 Å². The molecular formula is C32H27N3O. The number of para-hydroxylation sites is 1. The minimum atomic E-state index is -0.663. The zero-order chi connectivity index (χ0) is 25.0. The van der Waals surface area contributed by atoms with Crippen LogP contribution >= 0.6 is 0 Å². The highest BCUT2D eigenvalue weighted by Crippen LogP contribution is 2.40. The number of nitrogens with zero attached hydrogens (tertiary/aromatic N) is 3. The summed E-state index contributed by atoms with van der Waals surface area (Å²) in [6.07, 6.45) is 8.49. The zero-order valence-corrected chi connectivity index (χ0v) is 20.3. The van der Waals surface area contributed by atoms with Crippen molar-refractivity contribution >= 4 is 17.5 Å². The van der Waals surface area contributed by atoms with Crippen LogP contribution in [0, 0.1) is 17.9 Å². The molecule has 0 spiro atoms. The first-order chi connectivity index (χ1) is 17.6. The third-order valence-electron chi connectivity index (χ3n) is 6.85. The third kappa shape index (κ3) is 4.67. The summed E-state index contributed by atoms with van der Waals surface area (Å²) in [6.45, 7) is 10.5. The molecule has 36 heavy (non-hydrogen) atoms. The smallest absolute Gasteiger partial charge is 0.265 e. The molecule has 4 heteroatoms. The number of rotatable bonds is 4. The number of allylic oxidation sites excluding steroid dienone is 3. The Labute approximate surface area is 212 Å². The lowest BCUT2D eigenvalue weighted by atomic mass is 9.85. The summed E-state index contributed by atoms with van der Waals surface area (Å²) in [4.78, 5) is 5.84. The summed E-state index contributed by atoms with van der Waals surface area (Å²) in [5.74, 6) is 0.632. The molecule has 0 saturated carbocycles. The van der Waals surface area contributed by atoms with Crippen molar-refractivity contribution < 1.29 is 4.74 Å². The standard InChI is InChI=1S/C32H27N3O/c1-32(27-11-4-3-5-12-27)22-26(30(23-33)34-2)21-29(36-32)19-16-24-14-17-28(18-15-24)35-20-8-10-25-9-6-7-13-31(25)35/h3-7,9,11-19,21H,8,10,20,22H2,1H3. The van der Waals surface area contributed by atoms with Crippen LogP contribution in [0.15, 0.2) is 108 Å². The van der Waals surface area contributed by atoms with Crippen LogP contribution in [-0.2, 0) is 16.8 Å². The van der Waals surface area contributed by atoms with E-state index in [1.54, 1.807) is 0 Å². The van der Waals surface area contributed by atoms with E-state index in [0.717, 1.165) is 30.5 Å². The zero-order valence-electron chi connectivity index (χ0n) is 20.3. The van der Waals surface area contributed by atoms with E-state index in [4.69, 9.17) is 11.3 Å². The van der Waals surface area contributed by atoms with E-state index in [9.17, 15) is 5.26 Å². The van der Waals surface area contributed by atoms with E-state index in [0.29, 0.717) is 17.8 Å². The van der Waals surface area contributed by atoms with Crippen molar-refractivity contribution in [1.29, 1.82) is 5.26 Å². The molecule has 4 nitrogen and oxygen atoms in total. The van der Waals surface area contributed by atoms with Gasteiger partial charge < -0.3 is 9.64 Å². The SMILES string of the molecule is [C-]#[N+]C(C#N)=C1C=C(C=Cc2ccc(N3CCCc4ccccc43)cc2)OC(C)(c2ccccc2)C1. The molecule has 2 aliphatic rings. The van der Waals surface area contributed by atoms with Gasteiger partial charge in [0.1, 0.15) is 11.4 Å². The summed E-state index contributed by atoms with van der Waals surface area (Å²) in [5.41, 5.74) is 6.08. The largest absolute Gasteiger partial charge is 0.483 e. The maximum absolute atomic E-state index is 9.49. The van der Waals surface area contributed by atoms with E-state index in [1.165, 1.54) is 16.9 Å². The molecule has 176 valence electrons. The number of aryl methyl sites for hydroxylation is 1. The van der Waals surface area contributed by atoms with Gasteiger partial charge in [-0.25, -0.2) is 10.1 Å². The van der Waals surface area contributed by atoms with Crippen molar-refractivity contribution in [3.05, 3.63) is 136 Å². The minimum Gasteiger partial charge on any atom is -0.483 e. The van der Waals surface area contributed by atoms with Gasteiger partial charge in [0.05, 0.1) is 12.6 Å². The molecule has 0 aromatic heterocycles. The van der Waals surface area contributed by atoms with Crippen LogP contribution in [0.4, 0.5) is 11.4 Å². The van der Waals surface area contributed by atoms with E-state index < -0.39 is 5.60 Å². The second-order valence-electron chi connectivity index (χ2n) is 9.33. The minimum absolute atomic E-state index is 0.109. The van der Waals surface area contributed by atoms with Crippen LogP contribution in [0.3, 0.4) is 0 Å². The molecule has 0 aliphatic carbocycles. The Morgan fingerprint density at radius 2 is 1.78 bits per heavy atom. The van der Waals surface area contributed by atoms with E-state index >= 15 is 0 Å². The molecule has 0 amide bonds. The Balaban J connectivity index is 1.41. The first kappa shape index (κ1) is 23.2. The monoisotopic (exact) mass is 469 g/mol. The van der Waals surface area contributed by atoms with Crippen LogP contribution in [0.1, 0.15) is 36.5 Å². The maximum Gasteiger partial charge on any atom is 0.265 e. The van der Waals surface area contributed by atoms with Gasteiger partial charge in [-0.2, -0.15) is 0 Å². The van der Waals surface area contributed by atoms with Crippen molar-refractivity contribution in [2.24, 2.45) is 0 Å². The van der Waals surface area contributed by atoms with Gasteiger partial charge in [0, 0.05) is 24.3 Å². The van der Waals surface area contributed by atoms with E-state index in [-0.39, 0.29) is 5.70 Å². The third-order valence-corrected chi connectivity index (χ3v) is 6.85. The number of nitriles is 1. The highest BCUT2D eigenvalue weighted by molar-refractivity contribution is 5.69. The van der Waals surface area contributed by atoms with Crippen molar-refractivity contribution in [2.75, 3.05) is 11.4 Å². The van der Waals surface area contributed by atoms with Gasteiger partial charge in [0.2, 0.25) is 0 Å². The molecule has 1 atom stereocenters. The lowest BCUT2D eigenvalue weighted by Gasteiger charge is -2.36. The van der Waals surface area contributed by atoms with Crippen molar-refractivity contribution in [3.8, 4) is 6.07 Å². The molecule has 0 N–H and O–H groups in total. The van der Waals surface area contributed by atoms with Crippen LogP contribution < -0.4 is 4.90 Å². The summed E-state index contributed by atoms with van der Waals surface area (Å²) in [5, 5.41) is 9.49. The van der Waals surface area contributed by atoms with Crippen molar-refractivity contribution in [3.63, 3.8) is 0 Å². The van der Waals surface area contributed by atoms with Gasteiger partial charge >= 0.3 is 0 Å². The number of hydrogen-bond donors (Lipinski definition) is 0. The van der Waals surface area contributed by atoms with Crippen LogP contribution in [0.2, 0.25) is 0 Å². The maximum atomic E-state index is 9.49. The predicted octanol–water partition coefficient (Wildman–Crippen LogP) is 7.70. The highest BCUT2D eigenvalue weighted by Gasteiger charge is 2.34. The van der Waals surface area contributed by atoms with Gasteiger partial charge in [-0.05, 0) is 72.4 Å². The number of benzene rings is 3. The molecular weight excluding hydrogens is 442 g/mol. The molecule has 0 saturated heterocycles. The Morgan fingerprint density at radius 3 is 2.53 bits per heavy atom. The fourth-order valence-electron chi connectivity index (χ4n) is 5.01. The van der Waals surface area contributed by atoms with E-state index in [2.05, 4.69) is 58.3 Å².